The molecule has 1 heterocycles. The number of halogens is 1. The van der Waals surface area contributed by atoms with Crippen LogP contribution in [0.25, 0.3) is 22.1 Å². The van der Waals surface area contributed by atoms with E-state index in [4.69, 9.17) is 16.0 Å². The number of rotatable bonds is 3. The Bertz CT molecular complexity index is 777. The van der Waals surface area contributed by atoms with Gasteiger partial charge in [0.05, 0.1) is 11.1 Å². The van der Waals surface area contributed by atoms with Crippen LogP contribution in [0.3, 0.4) is 0 Å². The number of hydrogen-bond donors (Lipinski definition) is 1. The van der Waals surface area contributed by atoms with Crippen LogP contribution in [0.2, 0.25) is 5.02 Å². The molecule has 0 saturated carbocycles. The molecule has 0 aliphatic heterocycles. The SMILES string of the molecule is CNC(C)c1oc2c(Cl)cc(-c3ccccc3)cc2c1C. The van der Waals surface area contributed by atoms with Gasteiger partial charge in [0.1, 0.15) is 5.76 Å². The Morgan fingerprint density at radius 1 is 1.10 bits per heavy atom. The van der Waals surface area contributed by atoms with E-state index in [2.05, 4.69) is 37.4 Å². The molecule has 0 bridgehead atoms. The number of benzene rings is 2. The fourth-order valence-electron chi connectivity index (χ4n) is 2.64. The quantitative estimate of drug-likeness (QED) is 0.706. The first kappa shape index (κ1) is 14.2. The Morgan fingerprint density at radius 3 is 2.48 bits per heavy atom. The van der Waals surface area contributed by atoms with Crippen molar-refractivity contribution < 1.29 is 4.42 Å². The summed E-state index contributed by atoms with van der Waals surface area (Å²) in [5.74, 6) is 0.944. The normalized spacial score (nSPS) is 12.8. The van der Waals surface area contributed by atoms with Crippen LogP contribution < -0.4 is 5.32 Å². The first-order chi connectivity index (χ1) is 10.1. The maximum Gasteiger partial charge on any atom is 0.153 e. The third kappa shape index (κ3) is 2.45. The van der Waals surface area contributed by atoms with Crippen LogP contribution in [0.4, 0.5) is 0 Å². The maximum atomic E-state index is 6.43. The van der Waals surface area contributed by atoms with Gasteiger partial charge in [-0.2, -0.15) is 0 Å². The van der Waals surface area contributed by atoms with Crippen molar-refractivity contribution in [2.75, 3.05) is 7.05 Å². The highest BCUT2D eigenvalue weighted by Crippen LogP contribution is 2.37. The number of hydrogen-bond acceptors (Lipinski definition) is 2. The van der Waals surface area contributed by atoms with E-state index >= 15 is 0 Å². The van der Waals surface area contributed by atoms with Crippen LogP contribution in [0, 0.1) is 6.92 Å². The lowest BCUT2D eigenvalue weighted by Gasteiger charge is -2.06. The number of nitrogens with one attached hydrogen (secondary N) is 1. The van der Waals surface area contributed by atoms with Crippen molar-refractivity contribution in [3.8, 4) is 11.1 Å². The van der Waals surface area contributed by atoms with Crippen molar-refractivity contribution in [3.05, 3.63) is 58.8 Å². The zero-order valence-corrected chi connectivity index (χ0v) is 13.2. The summed E-state index contributed by atoms with van der Waals surface area (Å²) in [6, 6.07) is 14.5. The molecule has 2 nitrogen and oxygen atoms in total. The Morgan fingerprint density at radius 2 is 1.81 bits per heavy atom. The van der Waals surface area contributed by atoms with E-state index < -0.39 is 0 Å². The second-order valence-corrected chi connectivity index (χ2v) is 5.71. The van der Waals surface area contributed by atoms with Crippen molar-refractivity contribution in [2.45, 2.75) is 19.9 Å². The second kappa shape index (κ2) is 5.55. The topological polar surface area (TPSA) is 25.2 Å². The third-order valence-corrected chi connectivity index (χ3v) is 4.24. The highest BCUT2D eigenvalue weighted by Gasteiger charge is 2.18. The van der Waals surface area contributed by atoms with Crippen LogP contribution in [0.5, 0.6) is 0 Å². The molecule has 0 aliphatic rings. The molecule has 1 atom stereocenters. The fourth-order valence-corrected chi connectivity index (χ4v) is 2.89. The van der Waals surface area contributed by atoms with Crippen LogP contribution >= 0.6 is 11.6 Å². The summed E-state index contributed by atoms with van der Waals surface area (Å²) in [6.45, 7) is 4.16. The molecule has 0 aliphatic carbocycles. The largest absolute Gasteiger partial charge is 0.458 e. The lowest BCUT2D eigenvalue weighted by Crippen LogP contribution is -2.12. The molecular formula is C18H18ClNO. The minimum Gasteiger partial charge on any atom is -0.458 e. The molecule has 0 spiro atoms. The molecule has 2 aromatic carbocycles. The zero-order chi connectivity index (χ0) is 15.0. The molecule has 0 amide bonds. The minimum absolute atomic E-state index is 0.161. The summed E-state index contributed by atoms with van der Waals surface area (Å²) in [5, 5.41) is 4.95. The average molecular weight is 300 g/mol. The van der Waals surface area contributed by atoms with Crippen LogP contribution in [0.15, 0.2) is 46.9 Å². The summed E-state index contributed by atoms with van der Waals surface area (Å²) in [5.41, 5.74) is 4.18. The van der Waals surface area contributed by atoms with E-state index in [0.29, 0.717) is 5.02 Å². The maximum absolute atomic E-state index is 6.43. The summed E-state index contributed by atoms with van der Waals surface area (Å²) >= 11 is 6.43. The number of fused-ring (bicyclic) bond motifs is 1. The lowest BCUT2D eigenvalue weighted by molar-refractivity contribution is 0.471. The molecule has 3 heteroatoms. The monoisotopic (exact) mass is 299 g/mol. The molecule has 0 saturated heterocycles. The number of aryl methyl sites for hydroxylation is 1. The molecule has 108 valence electrons. The first-order valence-electron chi connectivity index (χ1n) is 7.07. The molecule has 1 N–H and O–H groups in total. The summed E-state index contributed by atoms with van der Waals surface area (Å²) in [7, 11) is 1.92. The van der Waals surface area contributed by atoms with E-state index in [0.717, 1.165) is 33.4 Å². The zero-order valence-electron chi connectivity index (χ0n) is 12.4. The van der Waals surface area contributed by atoms with Gasteiger partial charge in [0.15, 0.2) is 5.58 Å². The summed E-state index contributed by atoms with van der Waals surface area (Å²) < 4.78 is 5.98. The van der Waals surface area contributed by atoms with Crippen molar-refractivity contribution in [1.82, 2.24) is 5.32 Å². The van der Waals surface area contributed by atoms with Crippen LogP contribution in [0.1, 0.15) is 24.3 Å². The van der Waals surface area contributed by atoms with Gasteiger partial charge in [-0.15, -0.1) is 0 Å². The summed E-state index contributed by atoms with van der Waals surface area (Å²) in [6.07, 6.45) is 0. The molecule has 21 heavy (non-hydrogen) atoms. The van der Waals surface area contributed by atoms with Crippen molar-refractivity contribution in [2.24, 2.45) is 0 Å². The molecule has 1 aromatic heterocycles. The molecule has 0 radical (unpaired) electrons. The lowest BCUT2D eigenvalue weighted by atomic mass is 10.0. The molecule has 3 rings (SSSR count). The predicted octanol–water partition coefficient (Wildman–Crippen LogP) is 5.34. The van der Waals surface area contributed by atoms with Gasteiger partial charge in [0.2, 0.25) is 0 Å². The van der Waals surface area contributed by atoms with Gasteiger partial charge in [-0.1, -0.05) is 41.9 Å². The summed E-state index contributed by atoms with van der Waals surface area (Å²) in [4.78, 5) is 0. The molecule has 3 aromatic rings. The van der Waals surface area contributed by atoms with Crippen LogP contribution in [-0.2, 0) is 0 Å². The molecular weight excluding hydrogens is 282 g/mol. The van der Waals surface area contributed by atoms with Crippen molar-refractivity contribution in [3.63, 3.8) is 0 Å². The van der Waals surface area contributed by atoms with E-state index in [1.807, 2.05) is 31.3 Å². The minimum atomic E-state index is 0.161. The predicted molar refractivity (Wildman–Crippen MR) is 88.9 cm³/mol. The fraction of sp³-hybridized carbons (Fsp3) is 0.222. The Labute approximate surface area is 129 Å². The van der Waals surface area contributed by atoms with E-state index in [-0.39, 0.29) is 6.04 Å². The molecule has 1 unspecified atom stereocenters. The number of furan rings is 1. The van der Waals surface area contributed by atoms with Crippen molar-refractivity contribution >= 4 is 22.6 Å². The second-order valence-electron chi connectivity index (χ2n) is 5.30. The Hall–Kier alpha value is -1.77. The van der Waals surface area contributed by atoms with Crippen molar-refractivity contribution in [1.29, 1.82) is 0 Å². The first-order valence-corrected chi connectivity index (χ1v) is 7.45. The van der Waals surface area contributed by atoms with Gasteiger partial charge < -0.3 is 9.73 Å². The van der Waals surface area contributed by atoms with Gasteiger partial charge in [-0.05, 0) is 44.2 Å². The highest BCUT2D eigenvalue weighted by molar-refractivity contribution is 6.35. The Kier molecular flexibility index (Phi) is 3.75. The van der Waals surface area contributed by atoms with E-state index in [1.54, 1.807) is 0 Å². The third-order valence-electron chi connectivity index (χ3n) is 3.96. The average Bonchev–Trinajstić information content (AvgIpc) is 2.85. The van der Waals surface area contributed by atoms with E-state index in [1.165, 1.54) is 0 Å². The molecule has 0 fully saturated rings. The van der Waals surface area contributed by atoms with Gasteiger partial charge in [-0.3, -0.25) is 0 Å². The smallest absolute Gasteiger partial charge is 0.153 e. The van der Waals surface area contributed by atoms with E-state index in [9.17, 15) is 0 Å². The standard InChI is InChI=1S/C18H18ClNO/c1-11-15-9-14(13-7-5-4-6-8-13)10-16(19)18(15)21-17(11)12(2)20-3/h4-10,12,20H,1-3H3. The van der Waals surface area contributed by atoms with Crippen LogP contribution in [-0.4, -0.2) is 7.05 Å². The van der Waals surface area contributed by atoms with Gasteiger partial charge >= 0.3 is 0 Å². The van der Waals surface area contributed by atoms with Gasteiger partial charge in [-0.25, -0.2) is 0 Å². The van der Waals surface area contributed by atoms with Gasteiger partial charge in [0, 0.05) is 10.9 Å². The Balaban J connectivity index is 2.22. The van der Waals surface area contributed by atoms with Gasteiger partial charge in [0.25, 0.3) is 0 Å². The highest BCUT2D eigenvalue weighted by atomic mass is 35.5.